The van der Waals surface area contributed by atoms with E-state index in [1.165, 1.54) is 4.90 Å². The molecule has 1 fully saturated rings. The van der Waals surface area contributed by atoms with Crippen molar-refractivity contribution < 1.29 is 18.0 Å². The molecule has 1 aromatic heterocycles. The molecule has 1 unspecified atom stereocenters. The number of amides is 1. The normalized spacial score (nSPS) is 19.1. The Bertz CT molecular complexity index is 594. The highest BCUT2D eigenvalue weighted by Gasteiger charge is 2.36. The monoisotopic (exact) mass is 298 g/mol. The van der Waals surface area contributed by atoms with Crippen LogP contribution >= 0.6 is 0 Å². The van der Waals surface area contributed by atoms with E-state index in [1.54, 1.807) is 6.92 Å². The number of rotatable bonds is 2. The number of piperazine rings is 1. The molecule has 5 nitrogen and oxygen atoms in total. The Kier molecular flexibility index (Phi) is 4.02. The molecule has 1 N–H and O–H groups in total. The van der Waals surface area contributed by atoms with Crippen LogP contribution in [-0.4, -0.2) is 30.0 Å². The molecule has 2 rings (SSSR count). The molecular formula is C13H13F3N4O. The lowest BCUT2D eigenvalue weighted by atomic mass is 10.1. The van der Waals surface area contributed by atoms with Crippen molar-refractivity contribution in [1.82, 2.24) is 10.3 Å². The number of pyridine rings is 1. The summed E-state index contributed by atoms with van der Waals surface area (Å²) in [5, 5.41) is 11.7. The van der Waals surface area contributed by atoms with Gasteiger partial charge < -0.3 is 10.2 Å². The molecule has 1 aromatic rings. The molecule has 2 heterocycles. The third kappa shape index (κ3) is 2.91. The van der Waals surface area contributed by atoms with Gasteiger partial charge in [-0.05, 0) is 18.6 Å². The van der Waals surface area contributed by atoms with Gasteiger partial charge in [-0.25, -0.2) is 4.98 Å². The summed E-state index contributed by atoms with van der Waals surface area (Å²) in [4.78, 5) is 16.8. The van der Waals surface area contributed by atoms with Crippen LogP contribution in [0.2, 0.25) is 0 Å². The molecule has 1 amide bonds. The van der Waals surface area contributed by atoms with Crippen molar-refractivity contribution in [2.24, 2.45) is 0 Å². The Labute approximate surface area is 119 Å². The van der Waals surface area contributed by atoms with Crippen LogP contribution in [0, 0.1) is 11.3 Å². The third-order valence-corrected chi connectivity index (χ3v) is 3.28. The van der Waals surface area contributed by atoms with Crippen LogP contribution in [0.25, 0.3) is 0 Å². The Morgan fingerprint density at radius 1 is 1.52 bits per heavy atom. The van der Waals surface area contributed by atoms with E-state index in [2.05, 4.69) is 10.3 Å². The number of hydrogen-bond acceptors (Lipinski definition) is 4. The highest BCUT2D eigenvalue weighted by atomic mass is 19.4. The zero-order valence-electron chi connectivity index (χ0n) is 11.2. The molecule has 8 heteroatoms. The second kappa shape index (κ2) is 5.60. The van der Waals surface area contributed by atoms with Crippen LogP contribution in [0.15, 0.2) is 12.1 Å². The molecule has 1 saturated heterocycles. The fourth-order valence-electron chi connectivity index (χ4n) is 2.29. The number of aromatic nitrogens is 1. The lowest BCUT2D eigenvalue weighted by Gasteiger charge is -2.36. The van der Waals surface area contributed by atoms with Crippen LogP contribution in [0.4, 0.5) is 19.0 Å². The highest BCUT2D eigenvalue weighted by Crippen LogP contribution is 2.31. The second-order valence-corrected chi connectivity index (χ2v) is 4.59. The molecule has 0 spiro atoms. The Balaban J connectivity index is 2.50. The quantitative estimate of drug-likeness (QED) is 0.902. The Morgan fingerprint density at radius 3 is 2.81 bits per heavy atom. The van der Waals surface area contributed by atoms with Crippen LogP contribution in [-0.2, 0) is 11.0 Å². The van der Waals surface area contributed by atoms with Crippen molar-refractivity contribution in [3.05, 3.63) is 23.4 Å². The van der Waals surface area contributed by atoms with Crippen molar-refractivity contribution in [3.8, 4) is 6.07 Å². The van der Waals surface area contributed by atoms with Gasteiger partial charge in [-0.2, -0.15) is 18.4 Å². The van der Waals surface area contributed by atoms with E-state index in [9.17, 15) is 18.0 Å². The minimum atomic E-state index is -4.59. The molecule has 112 valence electrons. The number of carbonyl (C=O) groups is 1. The van der Waals surface area contributed by atoms with Gasteiger partial charge in [0.05, 0.1) is 5.56 Å². The molecule has 1 atom stereocenters. The summed E-state index contributed by atoms with van der Waals surface area (Å²) in [5.41, 5.74) is -1.05. The zero-order chi connectivity index (χ0) is 15.6. The van der Waals surface area contributed by atoms with E-state index in [0.717, 1.165) is 12.1 Å². The van der Waals surface area contributed by atoms with Gasteiger partial charge in [0.1, 0.15) is 23.6 Å². The van der Waals surface area contributed by atoms with E-state index in [0.29, 0.717) is 19.5 Å². The van der Waals surface area contributed by atoms with Gasteiger partial charge in [0.2, 0.25) is 5.91 Å². The van der Waals surface area contributed by atoms with E-state index >= 15 is 0 Å². The average molecular weight is 298 g/mol. The van der Waals surface area contributed by atoms with Gasteiger partial charge in [0, 0.05) is 13.1 Å². The molecular weight excluding hydrogens is 285 g/mol. The summed E-state index contributed by atoms with van der Waals surface area (Å²) in [6.07, 6.45) is -4.18. The maximum atomic E-state index is 12.8. The number of nitrogens with zero attached hydrogens (tertiary/aromatic N) is 3. The first-order valence-electron chi connectivity index (χ1n) is 6.41. The van der Waals surface area contributed by atoms with Crippen LogP contribution in [0.1, 0.15) is 24.6 Å². The lowest BCUT2D eigenvalue weighted by Crippen LogP contribution is -2.55. The average Bonchev–Trinajstić information content (AvgIpc) is 2.45. The van der Waals surface area contributed by atoms with Crippen LogP contribution < -0.4 is 10.2 Å². The van der Waals surface area contributed by atoms with Gasteiger partial charge in [0.25, 0.3) is 0 Å². The van der Waals surface area contributed by atoms with Gasteiger partial charge >= 0.3 is 6.18 Å². The SMILES string of the molecule is CCC1C(=O)NCCN1c1nc(C(F)(F)F)ccc1C#N. The zero-order valence-corrected chi connectivity index (χ0v) is 11.2. The number of nitriles is 1. The number of halogens is 3. The third-order valence-electron chi connectivity index (χ3n) is 3.28. The number of carbonyl (C=O) groups excluding carboxylic acids is 1. The fourth-order valence-corrected chi connectivity index (χ4v) is 2.29. The maximum Gasteiger partial charge on any atom is 0.433 e. The smallest absolute Gasteiger partial charge is 0.353 e. The molecule has 1 aliphatic heterocycles. The van der Waals surface area contributed by atoms with Crippen molar-refractivity contribution in [2.45, 2.75) is 25.6 Å². The van der Waals surface area contributed by atoms with E-state index < -0.39 is 17.9 Å². The topological polar surface area (TPSA) is 69.0 Å². The number of hydrogen-bond donors (Lipinski definition) is 1. The Morgan fingerprint density at radius 2 is 2.24 bits per heavy atom. The summed E-state index contributed by atoms with van der Waals surface area (Å²) in [5.74, 6) is -0.360. The molecule has 0 aromatic carbocycles. The summed E-state index contributed by atoms with van der Waals surface area (Å²) < 4.78 is 38.3. The lowest BCUT2D eigenvalue weighted by molar-refractivity contribution is -0.141. The van der Waals surface area contributed by atoms with Gasteiger partial charge in [-0.3, -0.25) is 4.79 Å². The largest absolute Gasteiger partial charge is 0.433 e. The van der Waals surface area contributed by atoms with E-state index in [-0.39, 0.29) is 17.3 Å². The van der Waals surface area contributed by atoms with Gasteiger partial charge in [-0.1, -0.05) is 6.92 Å². The highest BCUT2D eigenvalue weighted by molar-refractivity contribution is 5.86. The van der Waals surface area contributed by atoms with E-state index in [1.807, 2.05) is 6.07 Å². The van der Waals surface area contributed by atoms with E-state index in [4.69, 9.17) is 5.26 Å². The predicted molar refractivity (Wildman–Crippen MR) is 68.4 cm³/mol. The first-order chi connectivity index (χ1) is 9.88. The standard InChI is InChI=1S/C13H13F3N4O/c1-2-9-12(21)18-5-6-20(9)11-8(7-17)3-4-10(19-11)13(14,15)16/h3-4,9H,2,5-6H2,1H3,(H,18,21). The molecule has 0 aliphatic carbocycles. The molecule has 1 aliphatic rings. The maximum absolute atomic E-state index is 12.8. The first kappa shape index (κ1) is 15.1. The number of anilines is 1. The first-order valence-corrected chi connectivity index (χ1v) is 6.41. The summed E-state index contributed by atoms with van der Waals surface area (Å²) in [6, 6.07) is 3.06. The minimum Gasteiger partial charge on any atom is -0.353 e. The second-order valence-electron chi connectivity index (χ2n) is 4.59. The molecule has 21 heavy (non-hydrogen) atoms. The fraction of sp³-hybridized carbons (Fsp3) is 0.462. The van der Waals surface area contributed by atoms with Crippen LogP contribution in [0.5, 0.6) is 0 Å². The number of alkyl halides is 3. The minimum absolute atomic E-state index is 0.0242. The molecule has 0 saturated carbocycles. The van der Waals surface area contributed by atoms with Gasteiger partial charge in [0.15, 0.2) is 0 Å². The summed E-state index contributed by atoms with van der Waals surface area (Å²) in [6.45, 7) is 2.37. The van der Waals surface area contributed by atoms with Crippen molar-refractivity contribution >= 4 is 11.7 Å². The number of nitrogens with one attached hydrogen (secondary N) is 1. The van der Waals surface area contributed by atoms with Crippen LogP contribution in [0.3, 0.4) is 0 Å². The van der Waals surface area contributed by atoms with Crippen molar-refractivity contribution in [3.63, 3.8) is 0 Å². The molecule has 0 bridgehead atoms. The summed E-state index contributed by atoms with van der Waals surface area (Å²) >= 11 is 0. The van der Waals surface area contributed by atoms with Gasteiger partial charge in [-0.15, -0.1) is 0 Å². The molecule has 0 radical (unpaired) electrons. The Hall–Kier alpha value is -2.30. The van der Waals surface area contributed by atoms with Crippen molar-refractivity contribution in [1.29, 1.82) is 5.26 Å². The van der Waals surface area contributed by atoms with Crippen molar-refractivity contribution in [2.75, 3.05) is 18.0 Å². The summed E-state index contributed by atoms with van der Waals surface area (Å²) in [7, 11) is 0. The predicted octanol–water partition coefficient (Wildman–Crippen LogP) is 1.69.